The van der Waals surface area contributed by atoms with Crippen molar-refractivity contribution in [2.45, 2.75) is 68.3 Å². The number of carbonyl (C=O) groups is 2. The molecule has 8 aliphatic heterocycles. The zero-order chi connectivity index (χ0) is 39.0. The number of rotatable bonds is 3. The molecule has 0 amide bonds. The molecule has 4 aromatic rings. The summed E-state index contributed by atoms with van der Waals surface area (Å²) in [6.45, 7) is 5.65. The number of phenolic OH excluding ortho intramolecular Hbond substituents is 1. The number of aryl methyl sites for hydroxylation is 1. The van der Waals surface area contributed by atoms with E-state index < -0.39 is 46.6 Å². The molecule has 9 heterocycles. The molecule has 0 radical (unpaired) electrons. The maximum atomic E-state index is 14.9. The molecule has 1 aromatic heterocycles. The minimum atomic E-state index is -1.50. The van der Waals surface area contributed by atoms with Crippen LogP contribution in [-0.2, 0) is 32.7 Å². The van der Waals surface area contributed by atoms with Gasteiger partial charge >= 0.3 is 11.9 Å². The van der Waals surface area contributed by atoms with Crippen LogP contribution >= 0.6 is 11.8 Å². The summed E-state index contributed by atoms with van der Waals surface area (Å²) in [6, 6.07) is 6.05. The second-order valence-electron chi connectivity index (χ2n) is 15.8. The maximum absolute atomic E-state index is 14.9. The smallest absolute Gasteiger partial charge is 0.333 e. The van der Waals surface area contributed by atoms with E-state index in [1.165, 1.54) is 18.7 Å². The summed E-state index contributed by atoms with van der Waals surface area (Å²) in [7, 11) is 5.13. The molecule has 3 unspecified atom stereocenters. The van der Waals surface area contributed by atoms with E-state index in [-0.39, 0.29) is 37.9 Å². The number of methoxy groups -OCH3 is 2. The lowest BCUT2D eigenvalue weighted by Gasteiger charge is -2.60. The number of nitrogens with one attached hydrogen (secondary N) is 2. The normalized spacial score (nSPS) is 29.9. The summed E-state index contributed by atoms with van der Waals surface area (Å²) >= 11 is 1.53. The minimum Gasteiger partial charge on any atom is -0.504 e. The third kappa shape index (κ3) is 4.71. The first-order valence-corrected chi connectivity index (χ1v) is 19.9. The first-order chi connectivity index (χ1) is 26.9. The molecule has 2 fully saturated rings. The Bertz CT molecular complexity index is 2380. The Morgan fingerprint density at radius 1 is 1.05 bits per heavy atom. The van der Waals surface area contributed by atoms with Gasteiger partial charge in [-0.3, -0.25) is 19.9 Å². The summed E-state index contributed by atoms with van der Waals surface area (Å²) in [5.74, 6) is 1.67. The number of hydrogen-bond acceptors (Lipinski definition) is 14. The SMILES string of the molecule is COc1ccc2[nH]c3c(c2c1)CCN[C@]31CS[C@@H]2c3c(OC(C)=O)c(C)c4c(c3[C@H](COC1=O)N1[C@@H]2C2c3c(cc(C)c(OC)c3O)CC1(O)CN2C)OCO4. The van der Waals surface area contributed by atoms with Crippen LogP contribution in [0.25, 0.3) is 10.9 Å². The fraction of sp³-hybridized carbons (Fsp3) is 0.463. The summed E-state index contributed by atoms with van der Waals surface area (Å²) in [5, 5.41) is 29.3. The van der Waals surface area contributed by atoms with Crippen LogP contribution in [0, 0.1) is 13.8 Å². The number of thioether (sulfide) groups is 1. The fourth-order valence-corrected chi connectivity index (χ4v) is 12.4. The Kier molecular flexibility index (Phi) is 7.92. The Hall–Kier alpha value is -4.67. The molecule has 56 heavy (non-hydrogen) atoms. The lowest BCUT2D eigenvalue weighted by Crippen LogP contribution is -2.70. The van der Waals surface area contributed by atoms with Gasteiger partial charge in [0.05, 0.1) is 37.2 Å². The van der Waals surface area contributed by atoms with E-state index in [0.717, 1.165) is 39.0 Å². The van der Waals surface area contributed by atoms with Crippen LogP contribution in [0.5, 0.6) is 34.5 Å². The predicted octanol–water partition coefficient (Wildman–Crippen LogP) is 4.19. The molecular formula is C41H44N4O10S. The molecular weight excluding hydrogens is 741 g/mol. The van der Waals surface area contributed by atoms with E-state index in [9.17, 15) is 19.8 Å². The van der Waals surface area contributed by atoms with E-state index in [4.69, 9.17) is 28.4 Å². The fourth-order valence-electron chi connectivity index (χ4n) is 10.7. The lowest BCUT2D eigenvalue weighted by atomic mass is 9.78. The number of ether oxygens (including phenoxy) is 6. The van der Waals surface area contributed by atoms with E-state index >= 15 is 0 Å². The molecule has 1 spiro atoms. The number of H-pyrrole nitrogens is 1. The zero-order valence-electron chi connectivity index (χ0n) is 32.0. The van der Waals surface area contributed by atoms with Gasteiger partial charge in [0.15, 0.2) is 28.5 Å². The molecule has 15 heteroatoms. The number of likely N-dealkylation sites (N-methyl/N-ethyl adjacent to an activating group) is 1. The van der Waals surface area contributed by atoms with E-state index in [0.29, 0.717) is 58.2 Å². The highest BCUT2D eigenvalue weighted by Crippen LogP contribution is 2.65. The average molecular weight is 785 g/mol. The number of aromatic nitrogens is 1. The molecule has 4 N–H and O–H groups in total. The maximum Gasteiger partial charge on any atom is 0.333 e. The molecule has 294 valence electrons. The molecule has 14 nitrogen and oxygen atoms in total. The van der Waals surface area contributed by atoms with Crippen LogP contribution in [-0.4, -0.2) is 102 Å². The van der Waals surface area contributed by atoms with Gasteiger partial charge in [-0.2, -0.15) is 0 Å². The number of phenols is 1. The topological polar surface area (TPSA) is 164 Å². The number of fused-ring (bicyclic) bond motifs is 8. The highest BCUT2D eigenvalue weighted by atomic mass is 32.2. The molecule has 2 saturated heterocycles. The molecule has 3 aromatic carbocycles. The van der Waals surface area contributed by atoms with Crippen molar-refractivity contribution < 1.29 is 48.2 Å². The number of aromatic hydroxyl groups is 1. The van der Waals surface area contributed by atoms with Crippen molar-refractivity contribution in [1.82, 2.24) is 20.1 Å². The number of benzene rings is 3. The molecule has 12 rings (SSSR count). The highest BCUT2D eigenvalue weighted by molar-refractivity contribution is 7.99. The Labute approximate surface area is 327 Å². The second-order valence-corrected chi connectivity index (χ2v) is 17.0. The quantitative estimate of drug-likeness (QED) is 0.173. The Morgan fingerprint density at radius 3 is 2.62 bits per heavy atom. The number of carbonyl (C=O) groups excluding carboxylic acids is 2. The van der Waals surface area contributed by atoms with Crippen molar-refractivity contribution >= 4 is 34.6 Å². The van der Waals surface area contributed by atoms with Gasteiger partial charge in [-0.25, -0.2) is 4.79 Å². The van der Waals surface area contributed by atoms with Crippen LogP contribution in [0.4, 0.5) is 0 Å². The number of aliphatic hydroxyl groups is 1. The number of piperazine rings is 1. The van der Waals surface area contributed by atoms with Crippen LogP contribution in [0.3, 0.4) is 0 Å². The van der Waals surface area contributed by atoms with Crippen molar-refractivity contribution in [3.8, 4) is 34.5 Å². The third-order valence-corrected chi connectivity index (χ3v) is 14.2. The van der Waals surface area contributed by atoms with E-state index in [1.54, 1.807) is 14.2 Å². The molecule has 7 atom stereocenters. The Balaban J connectivity index is 1.24. The van der Waals surface area contributed by atoms with Gasteiger partial charge in [0.2, 0.25) is 6.79 Å². The summed E-state index contributed by atoms with van der Waals surface area (Å²) < 4.78 is 36.3. The first kappa shape index (κ1) is 35.7. The molecule has 4 bridgehead atoms. The molecule has 8 aliphatic rings. The van der Waals surface area contributed by atoms with Crippen molar-refractivity contribution in [2.24, 2.45) is 0 Å². The number of hydrogen-bond donors (Lipinski definition) is 4. The second kappa shape index (κ2) is 12.4. The van der Waals surface area contributed by atoms with Gasteiger partial charge < -0.3 is 43.6 Å². The van der Waals surface area contributed by atoms with Crippen LogP contribution in [0.1, 0.15) is 68.9 Å². The van der Waals surface area contributed by atoms with Gasteiger partial charge in [0.1, 0.15) is 23.8 Å². The van der Waals surface area contributed by atoms with Crippen LogP contribution in [0.15, 0.2) is 24.3 Å². The van der Waals surface area contributed by atoms with Gasteiger partial charge in [-0.15, -0.1) is 11.8 Å². The van der Waals surface area contributed by atoms with Crippen LogP contribution < -0.4 is 29.0 Å². The van der Waals surface area contributed by atoms with E-state index in [2.05, 4.69) is 20.1 Å². The monoisotopic (exact) mass is 784 g/mol. The van der Waals surface area contributed by atoms with Crippen molar-refractivity contribution in [3.63, 3.8) is 0 Å². The predicted molar refractivity (Wildman–Crippen MR) is 205 cm³/mol. The molecule has 0 aliphatic carbocycles. The summed E-state index contributed by atoms with van der Waals surface area (Å²) in [4.78, 5) is 35.6. The number of aromatic amines is 1. The number of esters is 2. The Morgan fingerprint density at radius 2 is 1.86 bits per heavy atom. The zero-order valence-corrected chi connectivity index (χ0v) is 32.8. The summed E-state index contributed by atoms with van der Waals surface area (Å²) in [5.41, 5.74) is 4.06. The van der Waals surface area contributed by atoms with Gasteiger partial charge in [-0.05, 0) is 62.2 Å². The van der Waals surface area contributed by atoms with E-state index in [1.807, 2.05) is 45.2 Å². The van der Waals surface area contributed by atoms with Crippen LogP contribution in [0.2, 0.25) is 0 Å². The van der Waals surface area contributed by atoms with Gasteiger partial charge in [-0.1, -0.05) is 6.07 Å². The standard InChI is InChI=1S/C41H44N4O10S/c1-18-11-21-13-40(49)15-44(4)30(27(21)32(47)33(18)51-6)31-37-29-28(36-35(53-17-54-36)19(2)34(29)55-20(3)46)26(45(31)40)14-52-39(48)41(16-56-37)38-23(9-10-42-41)24-12-22(50-5)7-8-25(24)43-38/h7-8,11-12,26,30-31,37,42-43,47,49H,9-10,13-17H2,1-6H3/t26-,30?,31+,37+,40?,41+/m0/s1. The highest BCUT2D eigenvalue weighted by Gasteiger charge is 2.63. The summed E-state index contributed by atoms with van der Waals surface area (Å²) in [6.07, 6.45) is 0.870. The van der Waals surface area contributed by atoms with Crippen molar-refractivity contribution in [1.29, 1.82) is 0 Å². The number of nitrogens with zero attached hydrogens (tertiary/aromatic N) is 2. The van der Waals surface area contributed by atoms with Crippen molar-refractivity contribution in [2.75, 3.05) is 53.5 Å². The first-order valence-electron chi connectivity index (χ1n) is 18.9. The van der Waals surface area contributed by atoms with Crippen molar-refractivity contribution in [3.05, 3.63) is 68.9 Å². The lowest BCUT2D eigenvalue weighted by molar-refractivity contribution is -0.215. The average Bonchev–Trinajstić information content (AvgIpc) is 3.76. The van der Waals surface area contributed by atoms with Gasteiger partial charge in [0, 0.05) is 71.4 Å². The third-order valence-electron chi connectivity index (χ3n) is 12.8. The van der Waals surface area contributed by atoms with Gasteiger partial charge in [0.25, 0.3) is 0 Å². The minimum absolute atomic E-state index is 0.0284. The largest absolute Gasteiger partial charge is 0.504 e. The molecule has 0 saturated carbocycles.